The van der Waals surface area contributed by atoms with E-state index in [2.05, 4.69) is 20.7 Å². The third-order valence-corrected chi connectivity index (χ3v) is 4.37. The average molecular weight is 450 g/mol. The highest BCUT2D eigenvalue weighted by molar-refractivity contribution is 6.01. The maximum absolute atomic E-state index is 13.7. The van der Waals surface area contributed by atoms with E-state index in [0.717, 1.165) is 6.07 Å². The van der Waals surface area contributed by atoms with Crippen LogP contribution in [0.4, 0.5) is 36.2 Å². The summed E-state index contributed by atoms with van der Waals surface area (Å²) in [6.07, 6.45) is -4.06. The number of anilines is 4. The van der Waals surface area contributed by atoms with E-state index < -0.39 is 17.6 Å². The molecule has 5 N–H and O–H groups in total. The second kappa shape index (κ2) is 9.14. The Hall–Kier alpha value is -3.80. The van der Waals surface area contributed by atoms with Gasteiger partial charge in [-0.2, -0.15) is 18.3 Å². The molecule has 1 amide bonds. The van der Waals surface area contributed by atoms with Crippen LogP contribution >= 0.6 is 0 Å². The van der Waals surface area contributed by atoms with Gasteiger partial charge in [-0.25, -0.2) is 4.98 Å². The molecule has 0 unspecified atom stereocenters. The SMILES string of the molecule is Cc1cc(Nc2cc(Nc3c(OCCO)cccc3C(N)=O)c(C(F)(F)F)cn2)n(C)n1. The third-order valence-electron chi connectivity index (χ3n) is 4.37. The zero-order valence-electron chi connectivity index (χ0n) is 17.2. The molecule has 1 aromatic carbocycles. The minimum atomic E-state index is -4.73. The van der Waals surface area contributed by atoms with Crippen molar-refractivity contribution >= 4 is 28.9 Å². The number of halogens is 3. The monoisotopic (exact) mass is 450 g/mol. The van der Waals surface area contributed by atoms with Crippen LogP contribution in [0.1, 0.15) is 21.6 Å². The molecule has 0 radical (unpaired) electrons. The van der Waals surface area contributed by atoms with E-state index in [0.29, 0.717) is 17.7 Å². The van der Waals surface area contributed by atoms with Gasteiger partial charge in [-0.1, -0.05) is 6.07 Å². The predicted octanol–water partition coefficient (Wildman–Crippen LogP) is 3.10. The van der Waals surface area contributed by atoms with Gasteiger partial charge in [0.2, 0.25) is 0 Å². The molecule has 9 nitrogen and oxygen atoms in total. The number of carbonyl (C=O) groups is 1. The maximum Gasteiger partial charge on any atom is 0.419 e. The highest BCUT2D eigenvalue weighted by atomic mass is 19.4. The molecular formula is C20H21F3N6O3. The zero-order chi connectivity index (χ0) is 23.5. The summed E-state index contributed by atoms with van der Waals surface area (Å²) in [6.45, 7) is 1.31. The molecule has 0 aliphatic carbocycles. The predicted molar refractivity (Wildman–Crippen MR) is 111 cm³/mol. The molecule has 0 fully saturated rings. The Morgan fingerprint density at radius 2 is 2.03 bits per heavy atom. The topological polar surface area (TPSA) is 127 Å². The highest BCUT2D eigenvalue weighted by Crippen LogP contribution is 2.39. The van der Waals surface area contributed by atoms with Crippen molar-refractivity contribution in [2.24, 2.45) is 12.8 Å². The highest BCUT2D eigenvalue weighted by Gasteiger charge is 2.35. The van der Waals surface area contributed by atoms with E-state index in [1.54, 1.807) is 20.0 Å². The van der Waals surface area contributed by atoms with Gasteiger partial charge in [0.25, 0.3) is 5.91 Å². The second-order valence-electron chi connectivity index (χ2n) is 6.77. The van der Waals surface area contributed by atoms with Crippen LogP contribution in [-0.4, -0.2) is 39.0 Å². The summed E-state index contributed by atoms with van der Waals surface area (Å²) in [6, 6.07) is 7.11. The Morgan fingerprint density at radius 1 is 1.28 bits per heavy atom. The Labute approximate surface area is 181 Å². The van der Waals surface area contributed by atoms with Crippen molar-refractivity contribution in [3.05, 3.63) is 53.3 Å². The number of benzene rings is 1. The molecule has 0 spiro atoms. The lowest BCUT2D eigenvalue weighted by atomic mass is 10.1. The van der Waals surface area contributed by atoms with Crippen LogP contribution in [0.25, 0.3) is 0 Å². The number of carbonyl (C=O) groups excluding carboxylic acids is 1. The molecule has 0 bridgehead atoms. The van der Waals surface area contributed by atoms with Gasteiger partial charge < -0.3 is 26.2 Å². The van der Waals surface area contributed by atoms with E-state index in [-0.39, 0.29) is 41.7 Å². The van der Waals surface area contributed by atoms with Gasteiger partial charge in [0.15, 0.2) is 0 Å². The summed E-state index contributed by atoms with van der Waals surface area (Å²) >= 11 is 0. The van der Waals surface area contributed by atoms with E-state index in [1.807, 2.05) is 0 Å². The fraction of sp³-hybridized carbons (Fsp3) is 0.250. The lowest BCUT2D eigenvalue weighted by molar-refractivity contribution is -0.137. The molecule has 0 saturated heterocycles. The summed E-state index contributed by atoms with van der Waals surface area (Å²) in [5.74, 6) is -0.187. The van der Waals surface area contributed by atoms with Crippen molar-refractivity contribution in [2.75, 3.05) is 23.8 Å². The number of rotatable bonds is 8. The Bertz CT molecular complexity index is 1130. The number of alkyl halides is 3. The molecular weight excluding hydrogens is 429 g/mol. The smallest absolute Gasteiger partial charge is 0.419 e. The fourth-order valence-corrected chi connectivity index (χ4v) is 2.99. The number of aromatic nitrogens is 3. The summed E-state index contributed by atoms with van der Waals surface area (Å²) in [5, 5.41) is 18.7. The van der Waals surface area contributed by atoms with Gasteiger partial charge in [-0.15, -0.1) is 0 Å². The first kappa shape index (κ1) is 22.9. The van der Waals surface area contributed by atoms with Crippen LogP contribution in [0.15, 0.2) is 36.5 Å². The van der Waals surface area contributed by atoms with E-state index in [1.165, 1.54) is 22.9 Å². The lowest BCUT2D eigenvalue weighted by Crippen LogP contribution is -2.16. The number of aliphatic hydroxyl groups excluding tert-OH is 1. The van der Waals surface area contributed by atoms with E-state index in [9.17, 15) is 18.0 Å². The fourth-order valence-electron chi connectivity index (χ4n) is 2.99. The molecule has 0 saturated carbocycles. The average Bonchev–Trinajstić information content (AvgIpc) is 3.02. The molecule has 170 valence electrons. The molecule has 32 heavy (non-hydrogen) atoms. The van der Waals surface area contributed by atoms with Crippen LogP contribution in [0.2, 0.25) is 0 Å². The van der Waals surface area contributed by atoms with Crippen LogP contribution < -0.4 is 21.1 Å². The zero-order valence-corrected chi connectivity index (χ0v) is 17.2. The number of amides is 1. The quantitative estimate of drug-likeness (QED) is 0.415. The van der Waals surface area contributed by atoms with Crippen molar-refractivity contribution in [3.63, 3.8) is 0 Å². The van der Waals surface area contributed by atoms with E-state index >= 15 is 0 Å². The number of pyridine rings is 1. The first-order valence-corrected chi connectivity index (χ1v) is 9.38. The number of nitrogens with two attached hydrogens (primary N) is 1. The second-order valence-corrected chi connectivity index (χ2v) is 6.77. The standard InChI is InChI=1S/C20H21F3N6O3/c1-11-8-17(29(2)28-11)27-16-9-14(13(10-25-16)20(21,22)23)26-18-12(19(24)31)4-3-5-15(18)32-7-6-30/h3-5,8-10,30H,6-7H2,1-2H3,(H2,24,31)(H2,25,26,27). The Kier molecular flexibility index (Phi) is 6.53. The third kappa shape index (κ3) is 5.09. The largest absolute Gasteiger partial charge is 0.489 e. The summed E-state index contributed by atoms with van der Waals surface area (Å²) in [7, 11) is 1.67. The number of primary amides is 1. The molecule has 2 aromatic heterocycles. The van der Waals surface area contributed by atoms with Crippen LogP contribution in [-0.2, 0) is 13.2 Å². The first-order valence-electron chi connectivity index (χ1n) is 9.38. The molecule has 0 atom stereocenters. The number of nitrogens with one attached hydrogen (secondary N) is 2. The van der Waals surface area contributed by atoms with E-state index in [4.69, 9.17) is 15.6 Å². The van der Waals surface area contributed by atoms with Crippen molar-refractivity contribution in [3.8, 4) is 5.75 Å². The van der Waals surface area contributed by atoms with Crippen molar-refractivity contribution < 1.29 is 27.8 Å². The van der Waals surface area contributed by atoms with Crippen molar-refractivity contribution in [1.82, 2.24) is 14.8 Å². The molecule has 3 aromatic rings. The summed E-state index contributed by atoms with van der Waals surface area (Å²) < 4.78 is 47.9. The van der Waals surface area contributed by atoms with Crippen LogP contribution in [0.5, 0.6) is 5.75 Å². The minimum Gasteiger partial charge on any atom is -0.489 e. The van der Waals surface area contributed by atoms with Crippen molar-refractivity contribution in [2.45, 2.75) is 13.1 Å². The number of nitrogens with zero attached hydrogens (tertiary/aromatic N) is 3. The first-order chi connectivity index (χ1) is 15.1. The Morgan fingerprint density at radius 3 is 2.62 bits per heavy atom. The number of para-hydroxylation sites is 1. The van der Waals surface area contributed by atoms with Gasteiger partial charge in [-0.3, -0.25) is 9.48 Å². The van der Waals surface area contributed by atoms with Gasteiger partial charge in [-0.05, 0) is 19.1 Å². The van der Waals surface area contributed by atoms with Crippen LogP contribution in [0, 0.1) is 6.92 Å². The van der Waals surface area contributed by atoms with Crippen LogP contribution in [0.3, 0.4) is 0 Å². The lowest BCUT2D eigenvalue weighted by Gasteiger charge is -2.19. The number of ether oxygens (including phenoxy) is 1. The molecule has 0 aliphatic heterocycles. The number of aliphatic hydroxyl groups is 1. The molecule has 12 heteroatoms. The summed E-state index contributed by atoms with van der Waals surface area (Å²) in [5.41, 5.74) is 4.53. The van der Waals surface area contributed by atoms with Gasteiger partial charge >= 0.3 is 6.18 Å². The molecule has 0 aliphatic rings. The number of aryl methyl sites for hydroxylation is 2. The number of hydrogen-bond acceptors (Lipinski definition) is 7. The maximum atomic E-state index is 13.7. The Balaban J connectivity index is 2.08. The van der Waals surface area contributed by atoms with Gasteiger partial charge in [0, 0.05) is 25.4 Å². The number of hydrogen-bond donors (Lipinski definition) is 4. The van der Waals surface area contributed by atoms with Gasteiger partial charge in [0.1, 0.15) is 24.0 Å². The molecule has 3 rings (SSSR count). The minimum absolute atomic E-state index is 0.0528. The normalized spacial score (nSPS) is 11.3. The van der Waals surface area contributed by atoms with Crippen molar-refractivity contribution in [1.29, 1.82) is 0 Å². The van der Waals surface area contributed by atoms with Gasteiger partial charge in [0.05, 0.1) is 34.8 Å². The summed E-state index contributed by atoms with van der Waals surface area (Å²) in [4.78, 5) is 15.7. The molecule has 2 heterocycles.